The van der Waals surface area contributed by atoms with Gasteiger partial charge in [0.25, 0.3) is 0 Å². The van der Waals surface area contributed by atoms with Crippen LogP contribution in [0.15, 0.2) is 18.2 Å². The maximum Gasteiger partial charge on any atom is 0.348 e. The molecule has 0 aliphatic heterocycles. The number of hydrogen-bond acceptors (Lipinski definition) is 2. The molecule has 0 heterocycles. The van der Waals surface area contributed by atoms with Crippen LogP contribution in [-0.4, -0.2) is 12.6 Å². The molecule has 0 fully saturated rings. The minimum absolute atomic E-state index is 0.0159. The molecule has 0 radical (unpaired) electrons. The van der Waals surface area contributed by atoms with Crippen molar-refractivity contribution in [3.8, 4) is 0 Å². The second kappa shape index (κ2) is 4.55. The monoisotopic (exact) mass is 232 g/mol. The quantitative estimate of drug-likeness (QED) is 0.749. The molecule has 5 heteroatoms. The van der Waals surface area contributed by atoms with E-state index in [-0.39, 0.29) is 12.2 Å². The van der Waals surface area contributed by atoms with Crippen LogP contribution in [0.1, 0.15) is 19.4 Å². The van der Waals surface area contributed by atoms with Gasteiger partial charge in [-0.05, 0) is 26.0 Å². The smallest absolute Gasteiger partial charge is 0.348 e. The van der Waals surface area contributed by atoms with Crippen LogP contribution >= 0.6 is 0 Å². The van der Waals surface area contributed by atoms with Gasteiger partial charge in [-0.3, -0.25) is 0 Å². The highest BCUT2D eigenvalue weighted by Gasteiger charge is 2.37. The number of carbonyl (C=O) groups excluding carboxylic acids is 1. The number of rotatable bonds is 3. The van der Waals surface area contributed by atoms with Gasteiger partial charge in [0, 0.05) is 5.56 Å². The molecule has 0 bridgehead atoms. The lowest BCUT2D eigenvalue weighted by Gasteiger charge is -2.18. The van der Waals surface area contributed by atoms with E-state index in [1.165, 1.54) is 6.92 Å². The summed E-state index contributed by atoms with van der Waals surface area (Å²) in [5.41, 5.74) is -2.75. The van der Waals surface area contributed by atoms with Crippen LogP contribution in [-0.2, 0) is 15.2 Å². The number of benzene rings is 1. The molecule has 0 aliphatic rings. The van der Waals surface area contributed by atoms with Gasteiger partial charge in [-0.2, -0.15) is 0 Å². The van der Waals surface area contributed by atoms with Crippen molar-refractivity contribution in [2.24, 2.45) is 0 Å². The molecule has 0 N–H and O–H groups in total. The lowest BCUT2D eigenvalue weighted by molar-refractivity contribution is -0.156. The molecule has 1 rings (SSSR count). The van der Waals surface area contributed by atoms with E-state index in [0.717, 1.165) is 19.1 Å². The van der Waals surface area contributed by atoms with Crippen molar-refractivity contribution >= 4 is 5.97 Å². The molecule has 0 aliphatic carbocycles. The third kappa shape index (κ3) is 2.35. The van der Waals surface area contributed by atoms with Gasteiger partial charge in [-0.1, -0.05) is 6.07 Å². The lowest BCUT2D eigenvalue weighted by atomic mass is 9.98. The third-order valence-electron chi connectivity index (χ3n) is 2.12. The van der Waals surface area contributed by atoms with Gasteiger partial charge in [0.05, 0.1) is 6.61 Å². The van der Waals surface area contributed by atoms with Crippen molar-refractivity contribution in [1.29, 1.82) is 0 Å². The predicted octanol–water partition coefficient (Wildman–Crippen LogP) is 2.71. The van der Waals surface area contributed by atoms with E-state index in [4.69, 9.17) is 0 Å². The zero-order valence-electron chi connectivity index (χ0n) is 8.89. The average molecular weight is 232 g/mol. The zero-order chi connectivity index (χ0) is 12.3. The van der Waals surface area contributed by atoms with E-state index in [2.05, 4.69) is 4.74 Å². The molecule has 0 saturated carbocycles. The van der Waals surface area contributed by atoms with Gasteiger partial charge in [0.15, 0.2) is 11.6 Å². The summed E-state index contributed by atoms with van der Waals surface area (Å²) in [4.78, 5) is 11.2. The van der Waals surface area contributed by atoms with Crippen LogP contribution in [0.3, 0.4) is 0 Å². The van der Waals surface area contributed by atoms with Crippen LogP contribution in [0.5, 0.6) is 0 Å². The van der Waals surface area contributed by atoms with Crippen molar-refractivity contribution < 1.29 is 22.7 Å². The molecule has 0 spiro atoms. The minimum atomic E-state index is -2.48. The standard InChI is InChI=1S/C11H11F3O2/c1-3-16-10(15)11(2,14)7-4-5-8(12)9(13)6-7/h4-6H,3H2,1-2H3. The Kier molecular flexibility index (Phi) is 3.57. The van der Waals surface area contributed by atoms with Crippen molar-refractivity contribution in [2.75, 3.05) is 6.61 Å². The van der Waals surface area contributed by atoms with Crippen LogP contribution in [0.2, 0.25) is 0 Å². The van der Waals surface area contributed by atoms with Gasteiger partial charge in [0.1, 0.15) is 0 Å². The molecule has 1 aromatic carbocycles. The topological polar surface area (TPSA) is 26.3 Å². The van der Waals surface area contributed by atoms with Crippen molar-refractivity contribution in [3.05, 3.63) is 35.4 Å². The number of ether oxygens (including phenoxy) is 1. The summed E-state index contributed by atoms with van der Waals surface area (Å²) in [6.45, 7) is 2.49. The Morgan fingerprint density at radius 2 is 2.00 bits per heavy atom. The first-order valence-corrected chi connectivity index (χ1v) is 4.71. The van der Waals surface area contributed by atoms with Gasteiger partial charge in [-0.25, -0.2) is 18.0 Å². The normalized spacial score (nSPS) is 14.3. The first-order valence-electron chi connectivity index (χ1n) is 4.71. The average Bonchev–Trinajstić information content (AvgIpc) is 2.22. The highest BCUT2D eigenvalue weighted by molar-refractivity contribution is 5.80. The van der Waals surface area contributed by atoms with Crippen LogP contribution in [0, 0.1) is 11.6 Å². The first kappa shape index (κ1) is 12.5. The Labute approximate surface area is 91.0 Å². The summed E-state index contributed by atoms with van der Waals surface area (Å²) in [7, 11) is 0. The molecule has 1 aromatic rings. The maximum absolute atomic E-state index is 14.0. The minimum Gasteiger partial charge on any atom is -0.463 e. The SMILES string of the molecule is CCOC(=O)C(C)(F)c1ccc(F)c(F)c1. The first-order chi connectivity index (χ1) is 7.39. The Balaban J connectivity index is 3.06. The summed E-state index contributed by atoms with van der Waals surface area (Å²) in [6, 6.07) is 2.42. The molecular formula is C11H11F3O2. The summed E-state index contributed by atoms with van der Waals surface area (Å²) in [5.74, 6) is -3.42. The van der Waals surface area contributed by atoms with Crippen molar-refractivity contribution in [3.63, 3.8) is 0 Å². The number of carbonyl (C=O) groups is 1. The summed E-state index contributed by atoms with van der Waals surface area (Å²) in [6.07, 6.45) is 0. The van der Waals surface area contributed by atoms with E-state index >= 15 is 0 Å². The Bertz CT molecular complexity index is 402. The van der Waals surface area contributed by atoms with E-state index in [0.29, 0.717) is 6.07 Å². The molecule has 0 aromatic heterocycles. The molecule has 88 valence electrons. The largest absolute Gasteiger partial charge is 0.463 e. The molecule has 1 unspecified atom stereocenters. The Morgan fingerprint density at radius 3 is 2.50 bits per heavy atom. The molecule has 16 heavy (non-hydrogen) atoms. The van der Waals surface area contributed by atoms with Crippen LogP contribution in [0.4, 0.5) is 13.2 Å². The summed E-state index contributed by atoms with van der Waals surface area (Å²) < 4.78 is 43.9. The highest BCUT2D eigenvalue weighted by atomic mass is 19.2. The third-order valence-corrected chi connectivity index (χ3v) is 2.12. The van der Waals surface area contributed by atoms with E-state index < -0.39 is 23.3 Å². The fourth-order valence-electron chi connectivity index (χ4n) is 1.17. The van der Waals surface area contributed by atoms with Gasteiger partial charge in [0.2, 0.25) is 5.67 Å². The molecule has 1 atom stereocenters. The van der Waals surface area contributed by atoms with Crippen molar-refractivity contribution in [1.82, 2.24) is 0 Å². The Morgan fingerprint density at radius 1 is 1.38 bits per heavy atom. The van der Waals surface area contributed by atoms with E-state index in [9.17, 15) is 18.0 Å². The van der Waals surface area contributed by atoms with Gasteiger partial charge in [-0.15, -0.1) is 0 Å². The number of alkyl halides is 1. The molecule has 0 saturated heterocycles. The Hall–Kier alpha value is -1.52. The predicted molar refractivity (Wildman–Crippen MR) is 51.5 cm³/mol. The second-order valence-corrected chi connectivity index (χ2v) is 3.35. The van der Waals surface area contributed by atoms with Crippen LogP contribution < -0.4 is 0 Å². The second-order valence-electron chi connectivity index (χ2n) is 3.35. The molecular weight excluding hydrogens is 221 g/mol. The summed E-state index contributed by atoms with van der Waals surface area (Å²) >= 11 is 0. The van der Waals surface area contributed by atoms with Crippen molar-refractivity contribution in [2.45, 2.75) is 19.5 Å². The van der Waals surface area contributed by atoms with Crippen LogP contribution in [0.25, 0.3) is 0 Å². The highest BCUT2D eigenvalue weighted by Crippen LogP contribution is 2.28. The fraction of sp³-hybridized carbons (Fsp3) is 0.364. The van der Waals surface area contributed by atoms with E-state index in [1.54, 1.807) is 0 Å². The van der Waals surface area contributed by atoms with E-state index in [1.807, 2.05) is 0 Å². The van der Waals surface area contributed by atoms with Gasteiger partial charge >= 0.3 is 5.97 Å². The maximum atomic E-state index is 14.0. The van der Waals surface area contributed by atoms with Gasteiger partial charge < -0.3 is 4.74 Å². The molecule has 0 amide bonds. The fourth-order valence-corrected chi connectivity index (χ4v) is 1.17. The number of halogens is 3. The number of hydrogen-bond donors (Lipinski definition) is 0. The lowest BCUT2D eigenvalue weighted by Crippen LogP contribution is -2.29. The summed E-state index contributed by atoms with van der Waals surface area (Å²) in [5, 5.41) is 0. The molecule has 2 nitrogen and oxygen atoms in total. The number of esters is 1. The zero-order valence-corrected chi connectivity index (χ0v) is 8.89.